The number of nitrogens with zero attached hydrogens (tertiary/aromatic N) is 3. The first-order valence-corrected chi connectivity index (χ1v) is 5.32. The van der Waals surface area contributed by atoms with Gasteiger partial charge in [-0.05, 0) is 31.5 Å². The van der Waals surface area contributed by atoms with E-state index in [1.54, 1.807) is 18.5 Å². The Balaban J connectivity index is 2.14. The molecule has 17 heavy (non-hydrogen) atoms. The highest BCUT2D eigenvalue weighted by Crippen LogP contribution is 2.17. The molecule has 0 aromatic carbocycles. The Bertz CT molecular complexity index is 515. The highest BCUT2D eigenvalue weighted by Gasteiger charge is 2.07. The van der Waals surface area contributed by atoms with Gasteiger partial charge < -0.3 is 5.32 Å². The molecule has 1 N–H and O–H groups in total. The molecule has 2 heterocycles. The van der Waals surface area contributed by atoms with Gasteiger partial charge in [-0.25, -0.2) is 14.4 Å². The van der Waals surface area contributed by atoms with Crippen molar-refractivity contribution in [1.82, 2.24) is 15.0 Å². The number of hydrogen-bond donors (Lipinski definition) is 1. The van der Waals surface area contributed by atoms with Gasteiger partial charge in [0.2, 0.25) is 0 Å². The molecule has 0 saturated carbocycles. The minimum Gasteiger partial charge on any atom is -0.363 e. The summed E-state index contributed by atoms with van der Waals surface area (Å²) in [5.74, 6) is 1.07. The van der Waals surface area contributed by atoms with Crippen molar-refractivity contribution < 1.29 is 4.39 Å². The van der Waals surface area contributed by atoms with Crippen molar-refractivity contribution in [2.75, 3.05) is 5.32 Å². The maximum absolute atomic E-state index is 13.0. The molecule has 0 spiro atoms. The molecule has 0 aliphatic rings. The lowest BCUT2D eigenvalue weighted by atomic mass is 10.1. The lowest BCUT2D eigenvalue weighted by molar-refractivity contribution is 0.616. The average molecular weight is 232 g/mol. The third-order valence-corrected chi connectivity index (χ3v) is 2.37. The van der Waals surface area contributed by atoms with E-state index in [1.807, 2.05) is 13.8 Å². The lowest BCUT2D eigenvalue weighted by Gasteiger charge is -2.14. The van der Waals surface area contributed by atoms with Crippen LogP contribution in [0.3, 0.4) is 0 Å². The molecule has 0 aliphatic carbocycles. The van der Waals surface area contributed by atoms with Gasteiger partial charge in [0.15, 0.2) is 0 Å². The molecule has 1 atom stereocenters. The SMILES string of the molecule is Cc1nccc(N[C@H](C)c2cncc(F)c2)n1. The van der Waals surface area contributed by atoms with Crippen LogP contribution in [-0.4, -0.2) is 15.0 Å². The van der Waals surface area contributed by atoms with E-state index in [-0.39, 0.29) is 11.9 Å². The number of halogens is 1. The van der Waals surface area contributed by atoms with Gasteiger partial charge in [-0.15, -0.1) is 0 Å². The summed E-state index contributed by atoms with van der Waals surface area (Å²) in [6.45, 7) is 3.74. The van der Waals surface area contributed by atoms with Gasteiger partial charge in [0.05, 0.1) is 12.2 Å². The second kappa shape index (κ2) is 4.86. The number of aromatic nitrogens is 3. The Morgan fingerprint density at radius 2 is 2.18 bits per heavy atom. The van der Waals surface area contributed by atoms with Crippen molar-refractivity contribution in [1.29, 1.82) is 0 Å². The average Bonchev–Trinajstić information content (AvgIpc) is 2.29. The van der Waals surface area contributed by atoms with Crippen LogP contribution in [0, 0.1) is 12.7 Å². The number of rotatable bonds is 3. The molecular formula is C12H13FN4. The standard InChI is InChI=1S/C12H13FN4/c1-8(10-5-11(13)7-14-6-10)16-12-3-4-15-9(2)17-12/h3-8H,1-2H3,(H,15,16,17)/t8-/m1/s1. The molecule has 0 fully saturated rings. The van der Waals surface area contributed by atoms with Crippen molar-refractivity contribution in [2.24, 2.45) is 0 Å². The summed E-state index contributed by atoms with van der Waals surface area (Å²) in [4.78, 5) is 12.1. The van der Waals surface area contributed by atoms with Crippen molar-refractivity contribution in [3.05, 3.63) is 47.9 Å². The zero-order valence-electron chi connectivity index (χ0n) is 9.68. The molecule has 2 aromatic heterocycles. The maximum atomic E-state index is 13.0. The molecule has 0 aliphatic heterocycles. The first kappa shape index (κ1) is 11.4. The topological polar surface area (TPSA) is 50.7 Å². The van der Waals surface area contributed by atoms with Crippen LogP contribution >= 0.6 is 0 Å². The van der Waals surface area contributed by atoms with Crippen LogP contribution in [0.2, 0.25) is 0 Å². The fraction of sp³-hybridized carbons (Fsp3) is 0.250. The largest absolute Gasteiger partial charge is 0.363 e. The number of pyridine rings is 1. The van der Waals surface area contributed by atoms with Gasteiger partial charge in [-0.1, -0.05) is 0 Å². The van der Waals surface area contributed by atoms with E-state index >= 15 is 0 Å². The molecule has 0 saturated heterocycles. The Morgan fingerprint density at radius 1 is 1.35 bits per heavy atom. The fourth-order valence-electron chi connectivity index (χ4n) is 1.51. The molecule has 2 rings (SSSR count). The zero-order valence-corrected chi connectivity index (χ0v) is 9.68. The molecule has 0 unspecified atom stereocenters. The molecule has 4 nitrogen and oxygen atoms in total. The minimum atomic E-state index is -0.338. The van der Waals surface area contributed by atoms with Gasteiger partial charge in [-0.2, -0.15) is 0 Å². The van der Waals surface area contributed by atoms with Gasteiger partial charge in [0, 0.05) is 12.4 Å². The lowest BCUT2D eigenvalue weighted by Crippen LogP contribution is -2.09. The Morgan fingerprint density at radius 3 is 2.88 bits per heavy atom. The normalized spacial score (nSPS) is 12.2. The van der Waals surface area contributed by atoms with E-state index in [1.165, 1.54) is 12.3 Å². The third kappa shape index (κ3) is 2.96. The smallest absolute Gasteiger partial charge is 0.141 e. The number of anilines is 1. The Kier molecular flexibility index (Phi) is 3.27. The Labute approximate surface area is 99.0 Å². The molecular weight excluding hydrogens is 219 g/mol. The summed E-state index contributed by atoms with van der Waals surface area (Å²) in [7, 11) is 0. The molecule has 88 valence electrons. The van der Waals surface area contributed by atoms with E-state index in [9.17, 15) is 4.39 Å². The van der Waals surface area contributed by atoms with Crippen LogP contribution in [0.5, 0.6) is 0 Å². The van der Waals surface area contributed by atoms with Gasteiger partial charge in [-0.3, -0.25) is 4.98 Å². The Hall–Kier alpha value is -2.04. The first-order valence-electron chi connectivity index (χ1n) is 5.32. The quantitative estimate of drug-likeness (QED) is 0.883. The first-order chi connectivity index (χ1) is 8.15. The summed E-state index contributed by atoms with van der Waals surface area (Å²) in [5.41, 5.74) is 0.779. The van der Waals surface area contributed by atoms with Crippen molar-refractivity contribution >= 4 is 5.82 Å². The van der Waals surface area contributed by atoms with Gasteiger partial charge in [0.25, 0.3) is 0 Å². The van der Waals surface area contributed by atoms with Gasteiger partial charge in [0.1, 0.15) is 17.5 Å². The predicted molar refractivity (Wildman–Crippen MR) is 63.0 cm³/mol. The van der Waals surface area contributed by atoms with Crippen LogP contribution in [0.25, 0.3) is 0 Å². The molecule has 2 aromatic rings. The second-order valence-corrected chi connectivity index (χ2v) is 3.79. The van der Waals surface area contributed by atoms with E-state index in [4.69, 9.17) is 0 Å². The van der Waals surface area contributed by atoms with Crippen LogP contribution in [0.4, 0.5) is 10.2 Å². The zero-order chi connectivity index (χ0) is 12.3. The van der Waals surface area contributed by atoms with Crippen molar-refractivity contribution in [3.63, 3.8) is 0 Å². The van der Waals surface area contributed by atoms with E-state index < -0.39 is 0 Å². The van der Waals surface area contributed by atoms with Gasteiger partial charge >= 0.3 is 0 Å². The maximum Gasteiger partial charge on any atom is 0.141 e. The second-order valence-electron chi connectivity index (χ2n) is 3.79. The fourth-order valence-corrected chi connectivity index (χ4v) is 1.51. The summed E-state index contributed by atoms with van der Waals surface area (Å²) in [6, 6.07) is 3.17. The highest BCUT2D eigenvalue weighted by molar-refractivity contribution is 5.36. The molecule has 5 heteroatoms. The van der Waals surface area contributed by atoms with Crippen molar-refractivity contribution in [3.8, 4) is 0 Å². The van der Waals surface area contributed by atoms with E-state index in [0.717, 1.165) is 5.56 Å². The third-order valence-electron chi connectivity index (χ3n) is 2.37. The van der Waals surface area contributed by atoms with Crippen LogP contribution < -0.4 is 5.32 Å². The summed E-state index contributed by atoms with van der Waals surface area (Å²) >= 11 is 0. The summed E-state index contributed by atoms with van der Waals surface area (Å²) in [6.07, 6.45) is 4.50. The molecule has 0 bridgehead atoms. The monoisotopic (exact) mass is 232 g/mol. The van der Waals surface area contributed by atoms with Crippen molar-refractivity contribution in [2.45, 2.75) is 19.9 Å². The van der Waals surface area contributed by atoms with Crippen LogP contribution in [0.15, 0.2) is 30.7 Å². The van der Waals surface area contributed by atoms with E-state index in [0.29, 0.717) is 11.6 Å². The van der Waals surface area contributed by atoms with E-state index in [2.05, 4.69) is 20.3 Å². The highest BCUT2D eigenvalue weighted by atomic mass is 19.1. The molecule has 0 radical (unpaired) electrons. The predicted octanol–water partition coefficient (Wildman–Crippen LogP) is 2.49. The number of aryl methyl sites for hydroxylation is 1. The van der Waals surface area contributed by atoms with Crippen LogP contribution in [0.1, 0.15) is 24.4 Å². The number of nitrogens with one attached hydrogen (secondary N) is 1. The van der Waals surface area contributed by atoms with Crippen LogP contribution in [-0.2, 0) is 0 Å². The minimum absolute atomic E-state index is 0.0625. The summed E-state index contributed by atoms with van der Waals surface area (Å²) < 4.78 is 13.0. The number of hydrogen-bond acceptors (Lipinski definition) is 4. The summed E-state index contributed by atoms with van der Waals surface area (Å²) in [5, 5.41) is 3.17. The molecule has 0 amide bonds.